The van der Waals surface area contributed by atoms with Gasteiger partial charge in [0.2, 0.25) is 0 Å². The van der Waals surface area contributed by atoms with Crippen LogP contribution in [-0.2, 0) is 5.75 Å². The Morgan fingerprint density at radius 2 is 2.13 bits per heavy atom. The van der Waals surface area contributed by atoms with Gasteiger partial charge in [-0.05, 0) is 18.6 Å². The lowest BCUT2D eigenvalue weighted by atomic mass is 10.1. The standard InChI is InChI=1S/C12H14ClNS/c1-9-11(8-15-7-6-13)10-4-2-3-5-12(10)14-9/h2-5,14H,6-8H2,1H3. The third-order valence-corrected chi connectivity index (χ3v) is 3.89. The zero-order valence-electron chi connectivity index (χ0n) is 8.72. The largest absolute Gasteiger partial charge is 0.358 e. The lowest BCUT2D eigenvalue weighted by Gasteiger charge is -1.99. The highest BCUT2D eigenvalue weighted by Crippen LogP contribution is 2.25. The molecule has 15 heavy (non-hydrogen) atoms. The van der Waals surface area contributed by atoms with E-state index in [0.29, 0.717) is 0 Å². The molecule has 0 amide bonds. The normalized spacial score (nSPS) is 11.1. The van der Waals surface area contributed by atoms with Crippen molar-refractivity contribution in [2.45, 2.75) is 12.7 Å². The highest BCUT2D eigenvalue weighted by atomic mass is 35.5. The monoisotopic (exact) mass is 239 g/mol. The Morgan fingerprint density at radius 3 is 2.93 bits per heavy atom. The molecular weight excluding hydrogens is 226 g/mol. The smallest absolute Gasteiger partial charge is 0.0459 e. The van der Waals surface area contributed by atoms with Gasteiger partial charge in [-0.2, -0.15) is 11.8 Å². The number of fused-ring (bicyclic) bond motifs is 1. The third-order valence-electron chi connectivity index (χ3n) is 2.49. The molecule has 1 nitrogen and oxygen atoms in total. The molecule has 2 aromatic rings. The fraction of sp³-hybridized carbons (Fsp3) is 0.333. The number of alkyl halides is 1. The SMILES string of the molecule is Cc1[nH]c2ccccc2c1CSCCCl. The number of hydrogen-bond acceptors (Lipinski definition) is 1. The number of nitrogens with one attached hydrogen (secondary N) is 1. The molecule has 0 spiro atoms. The first-order valence-electron chi connectivity index (χ1n) is 5.03. The van der Waals surface area contributed by atoms with Gasteiger partial charge in [-0.3, -0.25) is 0 Å². The third kappa shape index (κ3) is 2.32. The van der Waals surface area contributed by atoms with E-state index in [0.717, 1.165) is 17.4 Å². The minimum Gasteiger partial charge on any atom is -0.358 e. The van der Waals surface area contributed by atoms with E-state index in [1.165, 1.54) is 22.2 Å². The van der Waals surface area contributed by atoms with Gasteiger partial charge in [0.05, 0.1) is 0 Å². The Bertz CT molecular complexity index is 450. The zero-order valence-corrected chi connectivity index (χ0v) is 10.3. The molecule has 0 saturated carbocycles. The van der Waals surface area contributed by atoms with E-state index in [9.17, 15) is 0 Å². The van der Waals surface area contributed by atoms with Crippen molar-refractivity contribution in [2.75, 3.05) is 11.6 Å². The van der Waals surface area contributed by atoms with Crippen molar-refractivity contribution in [2.24, 2.45) is 0 Å². The molecule has 0 aliphatic heterocycles. The number of thioether (sulfide) groups is 1. The molecule has 0 bridgehead atoms. The van der Waals surface area contributed by atoms with Crippen molar-refractivity contribution < 1.29 is 0 Å². The molecule has 3 heteroatoms. The molecule has 1 N–H and O–H groups in total. The molecule has 1 aromatic carbocycles. The molecule has 80 valence electrons. The first-order chi connectivity index (χ1) is 7.33. The predicted octanol–water partition coefficient (Wildman–Crippen LogP) is 3.95. The van der Waals surface area contributed by atoms with Gasteiger partial charge in [-0.1, -0.05) is 18.2 Å². The van der Waals surface area contributed by atoms with Gasteiger partial charge < -0.3 is 4.98 Å². The molecule has 0 atom stereocenters. The van der Waals surface area contributed by atoms with Crippen molar-refractivity contribution in [3.63, 3.8) is 0 Å². The Kier molecular flexibility index (Phi) is 3.60. The summed E-state index contributed by atoms with van der Waals surface area (Å²) >= 11 is 7.56. The predicted molar refractivity (Wildman–Crippen MR) is 69.9 cm³/mol. The lowest BCUT2D eigenvalue weighted by Crippen LogP contribution is -1.85. The maximum atomic E-state index is 5.67. The number of aryl methyl sites for hydroxylation is 1. The van der Waals surface area contributed by atoms with Crippen LogP contribution in [0.4, 0.5) is 0 Å². The van der Waals surface area contributed by atoms with Gasteiger partial charge in [-0.15, -0.1) is 11.6 Å². The van der Waals surface area contributed by atoms with E-state index in [1.54, 1.807) is 0 Å². The highest BCUT2D eigenvalue weighted by molar-refractivity contribution is 7.98. The van der Waals surface area contributed by atoms with Crippen molar-refractivity contribution in [1.82, 2.24) is 4.98 Å². The number of aromatic nitrogens is 1. The second-order valence-electron chi connectivity index (χ2n) is 3.52. The maximum Gasteiger partial charge on any atom is 0.0459 e. The summed E-state index contributed by atoms with van der Waals surface area (Å²) in [6.07, 6.45) is 0. The fourth-order valence-electron chi connectivity index (χ4n) is 1.75. The Balaban J connectivity index is 2.28. The Morgan fingerprint density at radius 1 is 1.33 bits per heavy atom. The van der Waals surface area contributed by atoms with E-state index in [4.69, 9.17) is 11.6 Å². The van der Waals surface area contributed by atoms with Gasteiger partial charge in [-0.25, -0.2) is 0 Å². The number of benzene rings is 1. The lowest BCUT2D eigenvalue weighted by molar-refractivity contribution is 1.24. The molecule has 2 rings (SSSR count). The molecule has 0 saturated heterocycles. The number of para-hydroxylation sites is 1. The fourth-order valence-corrected chi connectivity index (χ4v) is 2.91. The molecule has 0 radical (unpaired) electrons. The first-order valence-corrected chi connectivity index (χ1v) is 6.71. The van der Waals surface area contributed by atoms with Gasteiger partial charge in [0.1, 0.15) is 0 Å². The maximum absolute atomic E-state index is 5.67. The van der Waals surface area contributed by atoms with Crippen LogP contribution in [0.1, 0.15) is 11.3 Å². The summed E-state index contributed by atoms with van der Waals surface area (Å²) in [5.74, 6) is 2.79. The molecule has 0 unspecified atom stereocenters. The van der Waals surface area contributed by atoms with Crippen molar-refractivity contribution in [1.29, 1.82) is 0 Å². The summed E-state index contributed by atoms with van der Waals surface area (Å²) in [7, 11) is 0. The molecule has 1 aromatic heterocycles. The summed E-state index contributed by atoms with van der Waals surface area (Å²) in [6.45, 7) is 2.14. The van der Waals surface area contributed by atoms with Crippen LogP contribution in [-0.4, -0.2) is 16.6 Å². The average molecular weight is 240 g/mol. The van der Waals surface area contributed by atoms with Crippen LogP contribution in [0.25, 0.3) is 10.9 Å². The van der Waals surface area contributed by atoms with Crippen molar-refractivity contribution in [3.05, 3.63) is 35.5 Å². The first kappa shape index (κ1) is 10.9. The Hall–Kier alpha value is -0.600. The number of rotatable bonds is 4. The summed E-state index contributed by atoms with van der Waals surface area (Å²) in [5.41, 5.74) is 3.93. The van der Waals surface area contributed by atoms with Crippen LogP contribution in [0.3, 0.4) is 0 Å². The van der Waals surface area contributed by atoms with Gasteiger partial charge in [0, 0.05) is 34.0 Å². The number of aromatic amines is 1. The zero-order chi connectivity index (χ0) is 10.7. The average Bonchev–Trinajstić information content (AvgIpc) is 2.56. The van der Waals surface area contributed by atoms with Gasteiger partial charge >= 0.3 is 0 Å². The summed E-state index contributed by atoms with van der Waals surface area (Å²) < 4.78 is 0. The minimum atomic E-state index is 0.728. The quantitative estimate of drug-likeness (QED) is 0.631. The van der Waals surface area contributed by atoms with Crippen molar-refractivity contribution >= 4 is 34.3 Å². The van der Waals surface area contributed by atoms with E-state index >= 15 is 0 Å². The van der Waals surface area contributed by atoms with Crippen LogP contribution in [0, 0.1) is 6.92 Å². The van der Waals surface area contributed by atoms with E-state index in [2.05, 4.69) is 36.2 Å². The molecule has 0 fully saturated rings. The number of hydrogen-bond donors (Lipinski definition) is 1. The van der Waals surface area contributed by atoms with Gasteiger partial charge in [0.15, 0.2) is 0 Å². The highest BCUT2D eigenvalue weighted by Gasteiger charge is 2.06. The number of H-pyrrole nitrogens is 1. The second-order valence-corrected chi connectivity index (χ2v) is 5.00. The Labute approximate surface area is 99.2 Å². The van der Waals surface area contributed by atoms with Crippen LogP contribution in [0.5, 0.6) is 0 Å². The summed E-state index contributed by atoms with van der Waals surface area (Å²) in [4.78, 5) is 3.41. The molecule has 1 heterocycles. The summed E-state index contributed by atoms with van der Waals surface area (Å²) in [6, 6.07) is 8.45. The molecular formula is C12H14ClNS. The second kappa shape index (κ2) is 4.95. The van der Waals surface area contributed by atoms with Gasteiger partial charge in [0.25, 0.3) is 0 Å². The van der Waals surface area contributed by atoms with E-state index in [-0.39, 0.29) is 0 Å². The van der Waals surface area contributed by atoms with Crippen LogP contribution in [0.15, 0.2) is 24.3 Å². The molecule has 0 aliphatic carbocycles. The minimum absolute atomic E-state index is 0.728. The van der Waals surface area contributed by atoms with E-state index < -0.39 is 0 Å². The van der Waals surface area contributed by atoms with Crippen LogP contribution < -0.4 is 0 Å². The topological polar surface area (TPSA) is 15.8 Å². The number of halogens is 1. The van der Waals surface area contributed by atoms with Crippen molar-refractivity contribution in [3.8, 4) is 0 Å². The van der Waals surface area contributed by atoms with Crippen LogP contribution in [0.2, 0.25) is 0 Å². The molecule has 0 aliphatic rings. The van der Waals surface area contributed by atoms with Crippen LogP contribution >= 0.6 is 23.4 Å². The van der Waals surface area contributed by atoms with E-state index in [1.807, 2.05) is 11.8 Å². The summed E-state index contributed by atoms with van der Waals surface area (Å²) in [5, 5.41) is 1.34.